The highest BCUT2D eigenvalue weighted by Gasteiger charge is 2.40. The van der Waals surface area contributed by atoms with Crippen LogP contribution in [0.3, 0.4) is 0 Å². The van der Waals surface area contributed by atoms with Crippen LogP contribution in [-0.4, -0.2) is 70.0 Å². The minimum absolute atomic E-state index is 0.185. The number of pyridine rings is 1. The van der Waals surface area contributed by atoms with Gasteiger partial charge in [0, 0.05) is 49.2 Å². The Bertz CT molecular complexity index is 1370. The van der Waals surface area contributed by atoms with Gasteiger partial charge in [-0.05, 0) is 74.4 Å². The standard InChI is InChI=1S/C31H37N7O/c1-22-7-4-5-15-36(19-22)16-6-8-23-17-24(13-14-33-23)38-25-11-12-26(38)21-37(20-25)29-18-28(34-35-31(29)32)27-9-2-3-10-30(27)39/h2-3,9-10,13-14,17-18,22,25-26,39H,4-5,7,11-12,15-16,19-21H2,1H3,(H2,32,35). The maximum Gasteiger partial charge on any atom is 0.169 e. The molecular weight excluding hydrogens is 486 g/mol. The molecule has 3 aliphatic rings. The second-order valence-corrected chi connectivity index (χ2v) is 11.3. The van der Waals surface area contributed by atoms with E-state index in [9.17, 15) is 5.11 Å². The van der Waals surface area contributed by atoms with Gasteiger partial charge in [-0.2, -0.15) is 0 Å². The summed E-state index contributed by atoms with van der Waals surface area (Å²) in [6, 6.07) is 14.1. The number of hydrogen-bond acceptors (Lipinski definition) is 8. The van der Waals surface area contributed by atoms with Crippen LogP contribution in [0.1, 0.15) is 44.7 Å². The van der Waals surface area contributed by atoms with Crippen LogP contribution in [0.5, 0.6) is 5.75 Å². The van der Waals surface area contributed by atoms with Gasteiger partial charge < -0.3 is 20.6 Å². The average molecular weight is 524 g/mol. The molecular formula is C31H37N7O. The summed E-state index contributed by atoms with van der Waals surface area (Å²) in [6.07, 6.45) is 8.07. The number of anilines is 3. The van der Waals surface area contributed by atoms with Gasteiger partial charge in [-0.3, -0.25) is 4.90 Å². The van der Waals surface area contributed by atoms with Gasteiger partial charge in [0.05, 0.1) is 17.9 Å². The smallest absolute Gasteiger partial charge is 0.169 e. The number of aromatic nitrogens is 3. The molecule has 8 heteroatoms. The Morgan fingerprint density at radius 1 is 1.00 bits per heavy atom. The molecule has 6 rings (SSSR count). The second kappa shape index (κ2) is 11.1. The molecule has 2 aromatic heterocycles. The van der Waals surface area contributed by atoms with Crippen molar-refractivity contribution in [1.82, 2.24) is 20.1 Å². The van der Waals surface area contributed by atoms with Crippen LogP contribution < -0.4 is 15.5 Å². The predicted molar refractivity (Wildman–Crippen MR) is 156 cm³/mol. The van der Waals surface area contributed by atoms with E-state index >= 15 is 0 Å². The van der Waals surface area contributed by atoms with Crippen LogP contribution in [0.25, 0.3) is 11.3 Å². The van der Waals surface area contributed by atoms with E-state index in [1.807, 2.05) is 24.4 Å². The number of aromatic hydroxyl groups is 1. The quantitative estimate of drug-likeness (QED) is 0.493. The number of phenols is 1. The number of nitrogen functional groups attached to an aromatic ring is 1. The summed E-state index contributed by atoms with van der Waals surface area (Å²) < 4.78 is 0. The molecule has 1 aromatic carbocycles. The number of rotatable bonds is 4. The first kappa shape index (κ1) is 25.4. The molecule has 0 saturated carbocycles. The molecule has 0 aliphatic carbocycles. The molecule has 3 unspecified atom stereocenters. The van der Waals surface area contributed by atoms with Crippen molar-refractivity contribution in [3.8, 4) is 28.8 Å². The fourth-order valence-corrected chi connectivity index (χ4v) is 6.47. The molecule has 8 nitrogen and oxygen atoms in total. The van der Waals surface area contributed by atoms with Gasteiger partial charge in [0.2, 0.25) is 0 Å². The van der Waals surface area contributed by atoms with E-state index in [0.717, 1.165) is 62.9 Å². The normalized spacial score (nSPS) is 23.3. The number of nitrogens with two attached hydrogens (primary N) is 1. The van der Waals surface area contributed by atoms with E-state index in [1.54, 1.807) is 12.1 Å². The molecule has 202 valence electrons. The van der Waals surface area contributed by atoms with E-state index in [1.165, 1.54) is 24.9 Å². The molecule has 0 spiro atoms. The van der Waals surface area contributed by atoms with Gasteiger partial charge in [0.25, 0.3) is 0 Å². The summed E-state index contributed by atoms with van der Waals surface area (Å²) >= 11 is 0. The van der Waals surface area contributed by atoms with Crippen LogP contribution in [0.15, 0.2) is 48.7 Å². The highest BCUT2D eigenvalue weighted by Crippen LogP contribution is 2.39. The average Bonchev–Trinajstić information content (AvgIpc) is 3.07. The van der Waals surface area contributed by atoms with Gasteiger partial charge >= 0.3 is 0 Å². The lowest BCUT2D eigenvalue weighted by atomic mass is 10.1. The number of benzene rings is 1. The SMILES string of the molecule is CC1CCCCN(CC#Cc2cc(N3C4CCC3CN(c3cc(-c5ccccc5O)nnc3N)C4)ccn2)C1. The Kier molecular flexibility index (Phi) is 7.25. The van der Waals surface area contributed by atoms with Crippen LogP contribution in [0.2, 0.25) is 0 Å². The molecule has 3 saturated heterocycles. The molecule has 3 aliphatic heterocycles. The lowest BCUT2D eigenvalue weighted by Gasteiger charge is -2.43. The largest absolute Gasteiger partial charge is 0.507 e. The van der Waals surface area contributed by atoms with Gasteiger partial charge in [-0.1, -0.05) is 31.4 Å². The third-order valence-electron chi connectivity index (χ3n) is 8.36. The highest BCUT2D eigenvalue weighted by molar-refractivity contribution is 5.74. The number of fused-ring (bicyclic) bond motifs is 2. The zero-order chi connectivity index (χ0) is 26.8. The maximum absolute atomic E-state index is 10.3. The number of piperazine rings is 1. The number of phenolic OH excluding ortho intramolecular Hbond substituents is 1. The van der Waals surface area contributed by atoms with Crippen molar-refractivity contribution in [2.75, 3.05) is 48.3 Å². The summed E-state index contributed by atoms with van der Waals surface area (Å²) in [5, 5.41) is 18.8. The van der Waals surface area contributed by atoms with Gasteiger partial charge in [0.15, 0.2) is 5.82 Å². The molecule has 39 heavy (non-hydrogen) atoms. The van der Waals surface area contributed by atoms with Gasteiger partial charge in [0.1, 0.15) is 11.4 Å². The third-order valence-corrected chi connectivity index (χ3v) is 8.36. The van der Waals surface area contributed by atoms with Crippen molar-refractivity contribution < 1.29 is 5.11 Å². The number of para-hydroxylation sites is 1. The molecule has 2 bridgehead atoms. The van der Waals surface area contributed by atoms with Crippen molar-refractivity contribution in [1.29, 1.82) is 0 Å². The Morgan fingerprint density at radius 2 is 1.82 bits per heavy atom. The van der Waals surface area contributed by atoms with Gasteiger partial charge in [-0.15, -0.1) is 10.2 Å². The lowest BCUT2D eigenvalue weighted by Crippen LogP contribution is -2.54. The molecule has 5 heterocycles. The van der Waals surface area contributed by atoms with E-state index in [-0.39, 0.29) is 5.75 Å². The van der Waals surface area contributed by atoms with E-state index < -0.39 is 0 Å². The van der Waals surface area contributed by atoms with E-state index in [2.05, 4.69) is 60.8 Å². The monoisotopic (exact) mass is 523 g/mol. The fourth-order valence-electron chi connectivity index (χ4n) is 6.47. The topological polar surface area (TPSA) is 94.6 Å². The second-order valence-electron chi connectivity index (χ2n) is 11.3. The molecule has 0 radical (unpaired) electrons. The Hall–Kier alpha value is -3.83. The lowest BCUT2D eigenvalue weighted by molar-refractivity contribution is 0.286. The fraction of sp³-hybridized carbons (Fsp3) is 0.452. The molecule has 3 N–H and O–H groups in total. The van der Waals surface area contributed by atoms with Crippen molar-refractivity contribution in [3.63, 3.8) is 0 Å². The maximum atomic E-state index is 10.3. The molecule has 3 fully saturated rings. The van der Waals surface area contributed by atoms with E-state index in [0.29, 0.717) is 29.2 Å². The first-order valence-electron chi connectivity index (χ1n) is 14.2. The number of likely N-dealkylation sites (tertiary alicyclic amines) is 1. The minimum Gasteiger partial charge on any atom is -0.507 e. The van der Waals surface area contributed by atoms with Crippen molar-refractivity contribution in [3.05, 3.63) is 54.4 Å². The van der Waals surface area contributed by atoms with Crippen molar-refractivity contribution >= 4 is 17.2 Å². The Morgan fingerprint density at radius 3 is 2.64 bits per heavy atom. The first-order valence-corrected chi connectivity index (χ1v) is 14.2. The van der Waals surface area contributed by atoms with Gasteiger partial charge in [-0.25, -0.2) is 4.98 Å². The zero-order valence-corrected chi connectivity index (χ0v) is 22.6. The summed E-state index contributed by atoms with van der Waals surface area (Å²) in [6.45, 7) is 7.14. The Labute approximate surface area is 230 Å². The van der Waals surface area contributed by atoms with Crippen LogP contribution in [-0.2, 0) is 0 Å². The summed E-state index contributed by atoms with van der Waals surface area (Å²) in [4.78, 5) is 11.9. The third kappa shape index (κ3) is 5.50. The van der Waals surface area contributed by atoms with Crippen LogP contribution in [0.4, 0.5) is 17.2 Å². The molecule has 0 amide bonds. The first-order chi connectivity index (χ1) is 19.0. The zero-order valence-electron chi connectivity index (χ0n) is 22.6. The predicted octanol–water partition coefficient (Wildman–Crippen LogP) is 4.16. The number of nitrogens with zero attached hydrogens (tertiary/aromatic N) is 6. The van der Waals surface area contributed by atoms with Crippen LogP contribution in [0, 0.1) is 17.8 Å². The van der Waals surface area contributed by atoms with Crippen LogP contribution >= 0.6 is 0 Å². The summed E-state index contributed by atoms with van der Waals surface area (Å²) in [7, 11) is 0. The minimum atomic E-state index is 0.185. The summed E-state index contributed by atoms with van der Waals surface area (Å²) in [5.74, 6) is 8.07. The highest BCUT2D eigenvalue weighted by atomic mass is 16.3. The Balaban J connectivity index is 1.17. The van der Waals surface area contributed by atoms with Crippen molar-refractivity contribution in [2.45, 2.75) is 51.1 Å². The number of hydrogen-bond donors (Lipinski definition) is 2. The summed E-state index contributed by atoms with van der Waals surface area (Å²) in [5.41, 5.74) is 10.5. The molecule has 3 atom stereocenters. The van der Waals surface area contributed by atoms with E-state index in [4.69, 9.17) is 5.73 Å². The van der Waals surface area contributed by atoms with Crippen molar-refractivity contribution in [2.24, 2.45) is 5.92 Å². The molecule has 3 aromatic rings.